The monoisotopic (exact) mass is 278 g/mol. The van der Waals surface area contributed by atoms with Crippen LogP contribution in [0.1, 0.15) is 17.3 Å². The van der Waals surface area contributed by atoms with Gasteiger partial charge in [-0.3, -0.25) is 0 Å². The Labute approximate surface area is 94.8 Å². The molecule has 5 heteroatoms. The van der Waals surface area contributed by atoms with E-state index in [9.17, 15) is 9.90 Å². The quantitative estimate of drug-likeness (QED) is 0.847. The zero-order chi connectivity index (χ0) is 10.7. The highest BCUT2D eigenvalue weighted by Crippen LogP contribution is 2.30. The van der Waals surface area contributed by atoms with Gasteiger partial charge in [0.2, 0.25) is 0 Å². The van der Waals surface area contributed by atoms with Crippen LogP contribution in [0.2, 0.25) is 5.02 Å². The van der Waals surface area contributed by atoms with Crippen LogP contribution in [0.4, 0.5) is 0 Å². The fraction of sp³-hybridized carbons (Fsp3) is 0.222. The number of aromatic hydroxyl groups is 1. The molecule has 0 saturated heterocycles. The van der Waals surface area contributed by atoms with E-state index in [1.807, 2.05) is 0 Å². The van der Waals surface area contributed by atoms with Crippen molar-refractivity contribution in [2.75, 3.05) is 6.61 Å². The number of hydrogen-bond acceptors (Lipinski definition) is 3. The molecule has 0 fully saturated rings. The summed E-state index contributed by atoms with van der Waals surface area (Å²) in [7, 11) is 0. The van der Waals surface area contributed by atoms with Crippen LogP contribution in [0, 0.1) is 0 Å². The third-order valence-corrected chi connectivity index (χ3v) is 2.73. The van der Waals surface area contributed by atoms with Gasteiger partial charge in [-0.1, -0.05) is 11.6 Å². The molecule has 0 unspecified atom stereocenters. The molecule has 76 valence electrons. The maximum atomic E-state index is 11.3. The van der Waals surface area contributed by atoms with E-state index in [-0.39, 0.29) is 17.9 Å². The topological polar surface area (TPSA) is 46.5 Å². The van der Waals surface area contributed by atoms with Crippen LogP contribution in [0.3, 0.4) is 0 Å². The van der Waals surface area contributed by atoms with Gasteiger partial charge in [-0.25, -0.2) is 4.79 Å². The highest BCUT2D eigenvalue weighted by Gasteiger charge is 2.14. The largest absolute Gasteiger partial charge is 0.507 e. The first-order valence-corrected chi connectivity index (χ1v) is 5.08. The third kappa shape index (κ3) is 2.39. The molecule has 1 rings (SSSR count). The first kappa shape index (κ1) is 11.3. The Morgan fingerprint density at radius 3 is 2.86 bits per heavy atom. The molecular weight excluding hydrogens is 271 g/mol. The van der Waals surface area contributed by atoms with E-state index in [0.29, 0.717) is 9.50 Å². The first-order valence-electron chi connectivity index (χ1n) is 3.91. The lowest BCUT2D eigenvalue weighted by Crippen LogP contribution is -2.04. The molecule has 0 saturated carbocycles. The van der Waals surface area contributed by atoms with Crippen molar-refractivity contribution in [1.29, 1.82) is 0 Å². The van der Waals surface area contributed by atoms with Crippen molar-refractivity contribution in [3.05, 3.63) is 27.2 Å². The van der Waals surface area contributed by atoms with Crippen molar-refractivity contribution < 1.29 is 14.6 Å². The molecule has 1 aromatic carbocycles. The minimum absolute atomic E-state index is 0.100. The van der Waals surface area contributed by atoms with E-state index in [2.05, 4.69) is 15.9 Å². The van der Waals surface area contributed by atoms with Crippen molar-refractivity contribution >= 4 is 33.5 Å². The average molecular weight is 280 g/mol. The summed E-state index contributed by atoms with van der Waals surface area (Å²) in [5, 5.41) is 9.75. The number of rotatable bonds is 2. The summed E-state index contributed by atoms with van der Waals surface area (Å²) in [5.74, 6) is -0.751. The highest BCUT2D eigenvalue weighted by molar-refractivity contribution is 9.10. The fourth-order valence-corrected chi connectivity index (χ4v) is 1.41. The van der Waals surface area contributed by atoms with Gasteiger partial charge in [0.1, 0.15) is 11.3 Å². The van der Waals surface area contributed by atoms with E-state index in [1.165, 1.54) is 12.1 Å². The second-order valence-corrected chi connectivity index (χ2v) is 3.77. The molecule has 0 spiro atoms. The lowest BCUT2D eigenvalue weighted by Gasteiger charge is -2.05. The molecule has 3 nitrogen and oxygen atoms in total. The summed E-state index contributed by atoms with van der Waals surface area (Å²) in [5.41, 5.74) is 0.100. The molecular formula is C9H8BrClO3. The van der Waals surface area contributed by atoms with Crippen LogP contribution in [0.25, 0.3) is 0 Å². The number of halogens is 2. The van der Waals surface area contributed by atoms with Crippen LogP contribution >= 0.6 is 27.5 Å². The van der Waals surface area contributed by atoms with Crippen LogP contribution in [0.15, 0.2) is 16.6 Å². The molecule has 1 aromatic rings. The van der Waals surface area contributed by atoms with Gasteiger partial charge in [-0.05, 0) is 28.9 Å². The van der Waals surface area contributed by atoms with Gasteiger partial charge in [0.05, 0.1) is 11.6 Å². The van der Waals surface area contributed by atoms with Gasteiger partial charge in [-0.2, -0.15) is 0 Å². The van der Waals surface area contributed by atoms with Gasteiger partial charge >= 0.3 is 5.97 Å². The summed E-state index contributed by atoms with van der Waals surface area (Å²) < 4.78 is 5.28. The Morgan fingerprint density at radius 2 is 2.29 bits per heavy atom. The Balaban J connectivity index is 3.09. The van der Waals surface area contributed by atoms with Gasteiger partial charge < -0.3 is 9.84 Å². The van der Waals surface area contributed by atoms with Crippen molar-refractivity contribution in [3.8, 4) is 5.75 Å². The lowest BCUT2D eigenvalue weighted by molar-refractivity contribution is 0.0523. The molecule has 0 aromatic heterocycles. The number of esters is 1. The molecule has 0 aliphatic rings. The Kier molecular flexibility index (Phi) is 3.77. The number of phenols is 1. The number of hydrogen-bond donors (Lipinski definition) is 1. The molecule has 14 heavy (non-hydrogen) atoms. The van der Waals surface area contributed by atoms with Crippen molar-refractivity contribution in [2.24, 2.45) is 0 Å². The van der Waals surface area contributed by atoms with Crippen molar-refractivity contribution in [3.63, 3.8) is 0 Å². The fourth-order valence-electron chi connectivity index (χ4n) is 0.909. The molecule has 0 aliphatic heterocycles. The zero-order valence-electron chi connectivity index (χ0n) is 7.38. The van der Waals surface area contributed by atoms with Crippen LogP contribution in [0.5, 0.6) is 5.75 Å². The Bertz CT molecular complexity index is 365. The predicted molar refractivity (Wildman–Crippen MR) is 56.8 cm³/mol. The van der Waals surface area contributed by atoms with E-state index in [0.717, 1.165) is 0 Å². The minimum Gasteiger partial charge on any atom is -0.507 e. The highest BCUT2D eigenvalue weighted by atomic mass is 79.9. The summed E-state index contributed by atoms with van der Waals surface area (Å²) in [6.07, 6.45) is 0. The molecule has 0 bridgehead atoms. The zero-order valence-corrected chi connectivity index (χ0v) is 9.72. The third-order valence-electron chi connectivity index (χ3n) is 1.53. The van der Waals surface area contributed by atoms with Crippen molar-refractivity contribution in [1.82, 2.24) is 0 Å². The average Bonchev–Trinajstić information content (AvgIpc) is 2.11. The summed E-state index contributed by atoms with van der Waals surface area (Å²) in [4.78, 5) is 11.3. The number of carbonyl (C=O) groups is 1. The molecule has 0 atom stereocenters. The Hall–Kier alpha value is -0.740. The molecule has 1 N–H and O–H groups in total. The maximum absolute atomic E-state index is 11.3. The number of carbonyl (C=O) groups excluding carboxylic acids is 1. The second-order valence-electron chi connectivity index (χ2n) is 2.50. The van der Waals surface area contributed by atoms with Crippen molar-refractivity contribution in [2.45, 2.75) is 6.92 Å². The predicted octanol–water partition coefficient (Wildman–Crippen LogP) is 2.98. The normalized spacial score (nSPS) is 9.93. The minimum atomic E-state index is -0.567. The molecule has 0 heterocycles. The summed E-state index contributed by atoms with van der Waals surface area (Å²) in [6, 6.07) is 2.72. The lowest BCUT2D eigenvalue weighted by atomic mass is 10.2. The van der Waals surface area contributed by atoms with Crippen LogP contribution in [-0.4, -0.2) is 17.7 Å². The Morgan fingerprint density at radius 1 is 1.64 bits per heavy atom. The van der Waals surface area contributed by atoms with Gasteiger partial charge in [0.15, 0.2) is 0 Å². The molecule has 0 radical (unpaired) electrons. The first-order chi connectivity index (χ1) is 6.56. The van der Waals surface area contributed by atoms with E-state index in [1.54, 1.807) is 6.92 Å². The summed E-state index contributed by atoms with van der Waals surface area (Å²) in [6.45, 7) is 1.96. The van der Waals surface area contributed by atoms with E-state index < -0.39 is 5.97 Å². The standard InChI is InChI=1S/C9H8BrClO3/c1-2-14-9(13)5-3-6(10)7(11)4-8(5)12/h3-4,12H,2H2,1H3. The van der Waals surface area contributed by atoms with E-state index >= 15 is 0 Å². The number of benzene rings is 1. The maximum Gasteiger partial charge on any atom is 0.341 e. The van der Waals surface area contributed by atoms with Crippen LogP contribution < -0.4 is 0 Å². The van der Waals surface area contributed by atoms with Gasteiger partial charge in [-0.15, -0.1) is 0 Å². The summed E-state index contributed by atoms with van der Waals surface area (Å²) >= 11 is 8.86. The number of phenolic OH excluding ortho intramolecular Hbond substituents is 1. The second kappa shape index (κ2) is 4.66. The van der Waals surface area contributed by atoms with Gasteiger partial charge in [0.25, 0.3) is 0 Å². The SMILES string of the molecule is CCOC(=O)c1cc(Br)c(Cl)cc1O. The number of ether oxygens (including phenoxy) is 1. The van der Waals surface area contributed by atoms with Gasteiger partial charge in [0, 0.05) is 10.5 Å². The molecule has 0 aliphatic carbocycles. The van der Waals surface area contributed by atoms with Crippen LogP contribution in [-0.2, 0) is 4.74 Å². The smallest absolute Gasteiger partial charge is 0.341 e. The van der Waals surface area contributed by atoms with E-state index in [4.69, 9.17) is 16.3 Å². The molecule has 0 amide bonds.